The van der Waals surface area contributed by atoms with Crippen LogP contribution in [-0.2, 0) is 9.53 Å². The van der Waals surface area contributed by atoms with Gasteiger partial charge in [0.05, 0.1) is 19.1 Å². The highest BCUT2D eigenvalue weighted by atomic mass is 79.9. The molecule has 0 aromatic heterocycles. The van der Waals surface area contributed by atoms with Gasteiger partial charge in [-0.2, -0.15) is 0 Å². The van der Waals surface area contributed by atoms with Gasteiger partial charge in [0.1, 0.15) is 0 Å². The van der Waals surface area contributed by atoms with E-state index in [-0.39, 0.29) is 11.8 Å². The summed E-state index contributed by atoms with van der Waals surface area (Å²) in [5.74, 6) is 0.0944. The monoisotopic (exact) mass is 297 g/mol. The first-order chi connectivity index (χ1) is 8.18. The Labute approximate surface area is 110 Å². The van der Waals surface area contributed by atoms with Crippen molar-refractivity contribution in [1.82, 2.24) is 4.90 Å². The third-order valence-electron chi connectivity index (χ3n) is 3.04. The van der Waals surface area contributed by atoms with Gasteiger partial charge in [0, 0.05) is 17.6 Å². The molecule has 1 unspecified atom stereocenters. The van der Waals surface area contributed by atoms with Crippen LogP contribution in [0.25, 0.3) is 0 Å². The number of halogens is 1. The summed E-state index contributed by atoms with van der Waals surface area (Å²) in [5, 5.41) is 0. The van der Waals surface area contributed by atoms with Crippen molar-refractivity contribution in [3.8, 4) is 0 Å². The van der Waals surface area contributed by atoms with Gasteiger partial charge in [0.25, 0.3) is 0 Å². The van der Waals surface area contributed by atoms with Crippen molar-refractivity contribution >= 4 is 21.8 Å². The van der Waals surface area contributed by atoms with E-state index in [1.165, 1.54) is 0 Å². The molecule has 2 rings (SSSR count). The van der Waals surface area contributed by atoms with Crippen LogP contribution in [-0.4, -0.2) is 37.1 Å². The molecule has 1 atom stereocenters. The van der Waals surface area contributed by atoms with Crippen LogP contribution in [0, 0.1) is 0 Å². The number of morpholine rings is 1. The second-order valence-electron chi connectivity index (χ2n) is 4.21. The number of rotatable bonds is 2. The molecule has 0 aliphatic carbocycles. The number of hydrogen-bond acceptors (Lipinski definition) is 2. The Bertz CT molecular complexity index is 402. The smallest absolute Gasteiger partial charge is 0.229 e. The molecule has 1 aliphatic heterocycles. The van der Waals surface area contributed by atoms with E-state index in [0.717, 1.165) is 10.0 Å². The van der Waals surface area contributed by atoms with Crippen molar-refractivity contribution in [1.29, 1.82) is 0 Å². The summed E-state index contributed by atoms with van der Waals surface area (Å²) in [5.41, 5.74) is 1.05. The van der Waals surface area contributed by atoms with Crippen molar-refractivity contribution < 1.29 is 9.53 Å². The maximum absolute atomic E-state index is 12.3. The summed E-state index contributed by atoms with van der Waals surface area (Å²) in [4.78, 5) is 14.1. The van der Waals surface area contributed by atoms with Crippen LogP contribution in [0.3, 0.4) is 0 Å². The average molecular weight is 298 g/mol. The molecule has 1 saturated heterocycles. The average Bonchev–Trinajstić information content (AvgIpc) is 2.38. The summed E-state index contributed by atoms with van der Waals surface area (Å²) >= 11 is 3.43. The molecule has 1 aromatic carbocycles. The van der Waals surface area contributed by atoms with Crippen molar-refractivity contribution in [3.63, 3.8) is 0 Å². The lowest BCUT2D eigenvalue weighted by Gasteiger charge is -2.29. The van der Waals surface area contributed by atoms with E-state index in [0.29, 0.717) is 26.3 Å². The molecule has 0 bridgehead atoms. The number of carbonyl (C=O) groups excluding carboxylic acids is 1. The number of carbonyl (C=O) groups is 1. The largest absolute Gasteiger partial charge is 0.378 e. The molecule has 1 aliphatic rings. The van der Waals surface area contributed by atoms with Crippen LogP contribution in [0.1, 0.15) is 18.4 Å². The maximum atomic E-state index is 12.3. The van der Waals surface area contributed by atoms with Gasteiger partial charge in [-0.3, -0.25) is 4.79 Å². The summed E-state index contributed by atoms with van der Waals surface area (Å²) in [6.07, 6.45) is 0. The molecule has 3 nitrogen and oxygen atoms in total. The molecular weight excluding hydrogens is 282 g/mol. The predicted octanol–water partition coefficient (Wildman–Crippen LogP) is 2.41. The Morgan fingerprint density at radius 2 is 2.12 bits per heavy atom. The quantitative estimate of drug-likeness (QED) is 0.839. The molecule has 1 heterocycles. The van der Waals surface area contributed by atoms with Gasteiger partial charge in [-0.15, -0.1) is 0 Å². The first-order valence-electron chi connectivity index (χ1n) is 5.80. The number of hydrogen-bond donors (Lipinski definition) is 0. The van der Waals surface area contributed by atoms with Crippen LogP contribution < -0.4 is 0 Å². The highest BCUT2D eigenvalue weighted by Gasteiger charge is 2.23. The normalized spacial score (nSPS) is 17.9. The van der Waals surface area contributed by atoms with Crippen LogP contribution in [0.2, 0.25) is 0 Å². The lowest BCUT2D eigenvalue weighted by atomic mass is 10.00. The molecule has 92 valence electrons. The van der Waals surface area contributed by atoms with E-state index in [9.17, 15) is 4.79 Å². The van der Waals surface area contributed by atoms with E-state index < -0.39 is 0 Å². The number of benzene rings is 1. The maximum Gasteiger partial charge on any atom is 0.229 e. The van der Waals surface area contributed by atoms with Crippen LogP contribution >= 0.6 is 15.9 Å². The van der Waals surface area contributed by atoms with E-state index in [2.05, 4.69) is 15.9 Å². The zero-order chi connectivity index (χ0) is 12.3. The topological polar surface area (TPSA) is 29.5 Å². The predicted molar refractivity (Wildman–Crippen MR) is 70.0 cm³/mol. The van der Waals surface area contributed by atoms with Crippen LogP contribution in [0.4, 0.5) is 0 Å². The third kappa shape index (κ3) is 3.07. The molecule has 0 spiro atoms. The minimum absolute atomic E-state index is 0.0920. The summed E-state index contributed by atoms with van der Waals surface area (Å²) in [6.45, 7) is 4.67. The highest BCUT2D eigenvalue weighted by Crippen LogP contribution is 2.22. The lowest BCUT2D eigenvalue weighted by Crippen LogP contribution is -2.42. The Kier molecular flexibility index (Phi) is 4.18. The van der Waals surface area contributed by atoms with Gasteiger partial charge in [0.15, 0.2) is 0 Å². The van der Waals surface area contributed by atoms with Gasteiger partial charge < -0.3 is 9.64 Å². The molecule has 4 heteroatoms. The molecule has 1 amide bonds. The molecule has 0 N–H and O–H groups in total. The fourth-order valence-corrected chi connectivity index (χ4v) is 2.39. The molecule has 0 radical (unpaired) electrons. The fourth-order valence-electron chi connectivity index (χ4n) is 1.98. The summed E-state index contributed by atoms with van der Waals surface area (Å²) in [7, 11) is 0. The summed E-state index contributed by atoms with van der Waals surface area (Å²) < 4.78 is 6.26. The van der Waals surface area contributed by atoms with Gasteiger partial charge in [0.2, 0.25) is 5.91 Å². The minimum atomic E-state index is -0.0920. The minimum Gasteiger partial charge on any atom is -0.378 e. The van der Waals surface area contributed by atoms with E-state index in [1.807, 2.05) is 36.1 Å². The Balaban J connectivity index is 2.08. The van der Waals surface area contributed by atoms with Crippen LogP contribution in [0.15, 0.2) is 28.7 Å². The SMILES string of the molecule is CC(C(=O)N1CCOCC1)c1cccc(Br)c1. The summed E-state index contributed by atoms with van der Waals surface area (Å²) in [6, 6.07) is 7.93. The van der Waals surface area contributed by atoms with Crippen molar-refractivity contribution in [2.24, 2.45) is 0 Å². The van der Waals surface area contributed by atoms with Crippen LogP contribution in [0.5, 0.6) is 0 Å². The Morgan fingerprint density at radius 1 is 1.41 bits per heavy atom. The molecule has 1 aromatic rings. The zero-order valence-electron chi connectivity index (χ0n) is 9.86. The lowest BCUT2D eigenvalue weighted by molar-refractivity contribution is -0.136. The first kappa shape index (κ1) is 12.6. The molecular formula is C13H16BrNO2. The second kappa shape index (κ2) is 5.65. The van der Waals surface area contributed by atoms with E-state index >= 15 is 0 Å². The van der Waals surface area contributed by atoms with Crippen molar-refractivity contribution in [2.75, 3.05) is 26.3 Å². The van der Waals surface area contributed by atoms with Gasteiger partial charge in [-0.05, 0) is 24.6 Å². The zero-order valence-corrected chi connectivity index (χ0v) is 11.4. The third-order valence-corrected chi connectivity index (χ3v) is 3.54. The number of nitrogens with zero attached hydrogens (tertiary/aromatic N) is 1. The fraction of sp³-hybridized carbons (Fsp3) is 0.462. The Morgan fingerprint density at radius 3 is 2.76 bits per heavy atom. The molecule has 17 heavy (non-hydrogen) atoms. The van der Waals surface area contributed by atoms with Crippen molar-refractivity contribution in [3.05, 3.63) is 34.3 Å². The number of amides is 1. The molecule has 1 fully saturated rings. The van der Waals surface area contributed by atoms with Gasteiger partial charge >= 0.3 is 0 Å². The first-order valence-corrected chi connectivity index (χ1v) is 6.60. The van der Waals surface area contributed by atoms with Gasteiger partial charge in [-0.25, -0.2) is 0 Å². The number of ether oxygens (including phenoxy) is 1. The molecule has 0 saturated carbocycles. The van der Waals surface area contributed by atoms with E-state index in [1.54, 1.807) is 0 Å². The van der Waals surface area contributed by atoms with Gasteiger partial charge in [-0.1, -0.05) is 28.1 Å². The van der Waals surface area contributed by atoms with Crippen molar-refractivity contribution in [2.45, 2.75) is 12.8 Å². The highest BCUT2D eigenvalue weighted by molar-refractivity contribution is 9.10. The standard InChI is InChI=1S/C13H16BrNO2/c1-10(11-3-2-4-12(14)9-11)13(16)15-5-7-17-8-6-15/h2-4,9-10H,5-8H2,1H3. The van der Waals surface area contributed by atoms with E-state index in [4.69, 9.17) is 4.74 Å². The second-order valence-corrected chi connectivity index (χ2v) is 5.13. The Hall–Kier alpha value is -0.870.